The fraction of sp³-hybridized carbons (Fsp3) is 0.286. The van der Waals surface area contributed by atoms with Crippen LogP contribution >= 0.6 is 0 Å². The van der Waals surface area contributed by atoms with Gasteiger partial charge in [0.15, 0.2) is 0 Å². The van der Waals surface area contributed by atoms with Gasteiger partial charge in [-0.05, 0) is 55.3 Å². The van der Waals surface area contributed by atoms with Crippen LogP contribution < -0.4 is 15.5 Å². The number of carbonyl (C=O) groups is 1. The third-order valence-electron chi connectivity index (χ3n) is 4.37. The van der Waals surface area contributed by atoms with Crippen molar-refractivity contribution in [3.8, 4) is 0 Å². The standard InChI is InChI=1S/C21H24FN3O/c1-3-11-25(12-4-2)17-8-6-16(7-9-17)23-14-19-18-10-5-15(22)13-20(18)24-21(19)26/h5-10,13-14,23H,3-4,11-12H2,1-2H3,(H,24,26). The maximum atomic E-state index is 13.3. The Kier molecular flexibility index (Phi) is 5.56. The van der Waals surface area contributed by atoms with Crippen molar-refractivity contribution < 1.29 is 9.18 Å². The average molecular weight is 353 g/mol. The maximum absolute atomic E-state index is 13.3. The molecule has 26 heavy (non-hydrogen) atoms. The SMILES string of the molecule is CCCN(CCC)c1ccc(NC=C2C(=O)Nc3cc(F)ccc32)cc1. The van der Waals surface area contributed by atoms with Crippen LogP contribution in [0.5, 0.6) is 0 Å². The first-order chi connectivity index (χ1) is 12.6. The highest BCUT2D eigenvalue weighted by Crippen LogP contribution is 2.32. The van der Waals surface area contributed by atoms with E-state index in [9.17, 15) is 9.18 Å². The van der Waals surface area contributed by atoms with E-state index in [1.807, 2.05) is 12.1 Å². The largest absolute Gasteiger partial charge is 0.372 e. The second-order valence-electron chi connectivity index (χ2n) is 6.38. The van der Waals surface area contributed by atoms with E-state index in [1.165, 1.54) is 17.8 Å². The van der Waals surface area contributed by atoms with Crippen LogP contribution in [0.4, 0.5) is 21.5 Å². The van der Waals surface area contributed by atoms with Crippen molar-refractivity contribution in [2.45, 2.75) is 26.7 Å². The molecule has 0 saturated heterocycles. The third-order valence-corrected chi connectivity index (χ3v) is 4.37. The molecule has 0 aromatic heterocycles. The van der Waals surface area contributed by atoms with Crippen LogP contribution in [0.25, 0.3) is 5.57 Å². The lowest BCUT2D eigenvalue weighted by molar-refractivity contribution is -0.110. The van der Waals surface area contributed by atoms with E-state index >= 15 is 0 Å². The zero-order chi connectivity index (χ0) is 18.5. The Hall–Kier alpha value is -2.82. The van der Waals surface area contributed by atoms with E-state index in [1.54, 1.807) is 12.3 Å². The van der Waals surface area contributed by atoms with Crippen LogP contribution in [-0.4, -0.2) is 19.0 Å². The number of carbonyl (C=O) groups excluding carboxylic acids is 1. The summed E-state index contributed by atoms with van der Waals surface area (Å²) in [4.78, 5) is 14.5. The van der Waals surface area contributed by atoms with Gasteiger partial charge < -0.3 is 15.5 Å². The molecule has 0 radical (unpaired) electrons. The summed E-state index contributed by atoms with van der Waals surface area (Å²) in [6.07, 6.45) is 3.90. The minimum Gasteiger partial charge on any atom is -0.372 e. The van der Waals surface area contributed by atoms with Crippen LogP contribution in [0.3, 0.4) is 0 Å². The highest BCUT2D eigenvalue weighted by Gasteiger charge is 2.24. The van der Waals surface area contributed by atoms with Crippen LogP contribution in [0.1, 0.15) is 32.3 Å². The van der Waals surface area contributed by atoms with Gasteiger partial charge in [-0.15, -0.1) is 0 Å². The van der Waals surface area contributed by atoms with E-state index in [2.05, 4.69) is 41.5 Å². The second-order valence-corrected chi connectivity index (χ2v) is 6.38. The molecule has 1 heterocycles. The summed E-state index contributed by atoms with van der Waals surface area (Å²) in [7, 11) is 0. The van der Waals surface area contributed by atoms with Crippen LogP contribution in [0.15, 0.2) is 48.7 Å². The molecule has 1 aliphatic rings. The molecule has 2 aromatic rings. The lowest BCUT2D eigenvalue weighted by Crippen LogP contribution is -2.24. The van der Waals surface area contributed by atoms with Gasteiger partial charge in [0.25, 0.3) is 5.91 Å². The summed E-state index contributed by atoms with van der Waals surface area (Å²) in [5.41, 5.74) is 3.82. The second kappa shape index (κ2) is 8.04. The molecule has 0 atom stereocenters. The van der Waals surface area contributed by atoms with E-state index < -0.39 is 0 Å². The first-order valence-corrected chi connectivity index (χ1v) is 9.05. The summed E-state index contributed by atoms with van der Waals surface area (Å²) < 4.78 is 13.3. The van der Waals surface area contributed by atoms with Crippen molar-refractivity contribution in [1.82, 2.24) is 0 Å². The van der Waals surface area contributed by atoms with Gasteiger partial charge in [-0.3, -0.25) is 4.79 Å². The smallest absolute Gasteiger partial charge is 0.257 e. The van der Waals surface area contributed by atoms with E-state index in [4.69, 9.17) is 0 Å². The summed E-state index contributed by atoms with van der Waals surface area (Å²) in [6.45, 7) is 6.44. The first kappa shape index (κ1) is 18.0. The zero-order valence-corrected chi connectivity index (χ0v) is 15.2. The van der Waals surface area contributed by atoms with Crippen molar-refractivity contribution in [1.29, 1.82) is 0 Å². The van der Waals surface area contributed by atoms with Crippen LogP contribution in [0, 0.1) is 5.82 Å². The number of halogens is 1. The van der Waals surface area contributed by atoms with Crippen LogP contribution in [-0.2, 0) is 4.79 Å². The number of benzene rings is 2. The Balaban J connectivity index is 1.74. The summed E-state index contributed by atoms with van der Waals surface area (Å²) in [5.74, 6) is -0.593. The Morgan fingerprint density at radius 3 is 2.42 bits per heavy atom. The topological polar surface area (TPSA) is 44.4 Å². The van der Waals surface area contributed by atoms with E-state index in [0.29, 0.717) is 16.8 Å². The maximum Gasteiger partial charge on any atom is 0.257 e. The summed E-state index contributed by atoms with van der Waals surface area (Å²) in [6, 6.07) is 12.5. The number of rotatable bonds is 7. The lowest BCUT2D eigenvalue weighted by atomic mass is 10.1. The molecule has 2 aromatic carbocycles. The zero-order valence-electron chi connectivity index (χ0n) is 15.2. The van der Waals surface area contributed by atoms with Crippen LogP contribution in [0.2, 0.25) is 0 Å². The molecule has 4 nitrogen and oxygen atoms in total. The van der Waals surface area contributed by atoms with Gasteiger partial charge in [-0.2, -0.15) is 0 Å². The Bertz CT molecular complexity index is 809. The first-order valence-electron chi connectivity index (χ1n) is 9.05. The molecule has 2 N–H and O–H groups in total. The Labute approximate surface area is 153 Å². The predicted molar refractivity (Wildman–Crippen MR) is 106 cm³/mol. The van der Waals surface area contributed by atoms with Gasteiger partial charge in [-0.25, -0.2) is 4.39 Å². The predicted octanol–water partition coefficient (Wildman–Crippen LogP) is 4.86. The number of nitrogens with zero attached hydrogens (tertiary/aromatic N) is 1. The molecule has 0 spiro atoms. The van der Waals surface area contributed by atoms with Gasteiger partial charge in [0.1, 0.15) is 5.82 Å². The van der Waals surface area contributed by atoms with E-state index in [-0.39, 0.29) is 11.7 Å². The molecule has 3 rings (SSSR count). The normalized spacial score (nSPS) is 14.3. The fourth-order valence-electron chi connectivity index (χ4n) is 3.14. The van der Waals surface area contributed by atoms with Crippen molar-refractivity contribution in [2.75, 3.05) is 28.6 Å². The van der Waals surface area contributed by atoms with Crippen molar-refractivity contribution in [3.05, 3.63) is 60.0 Å². The number of hydrogen-bond donors (Lipinski definition) is 2. The lowest BCUT2D eigenvalue weighted by Gasteiger charge is -2.23. The molecule has 0 bridgehead atoms. The van der Waals surface area contributed by atoms with Gasteiger partial charge in [0.2, 0.25) is 0 Å². The molecule has 5 heteroatoms. The molecular weight excluding hydrogens is 329 g/mol. The van der Waals surface area contributed by atoms with Crippen molar-refractivity contribution >= 4 is 28.5 Å². The fourth-order valence-corrected chi connectivity index (χ4v) is 3.14. The van der Waals surface area contributed by atoms with Gasteiger partial charge in [0, 0.05) is 36.2 Å². The number of anilines is 3. The molecule has 1 amide bonds. The monoisotopic (exact) mass is 353 g/mol. The molecular formula is C21H24FN3O. The summed E-state index contributed by atoms with van der Waals surface area (Å²) in [5, 5.41) is 5.85. The highest BCUT2D eigenvalue weighted by molar-refractivity contribution is 6.31. The third kappa shape index (κ3) is 3.87. The number of fused-ring (bicyclic) bond motifs is 1. The average Bonchev–Trinajstić information content (AvgIpc) is 2.94. The number of nitrogens with one attached hydrogen (secondary N) is 2. The highest BCUT2D eigenvalue weighted by atomic mass is 19.1. The van der Waals surface area contributed by atoms with E-state index in [0.717, 1.165) is 31.6 Å². The molecule has 0 saturated carbocycles. The van der Waals surface area contributed by atoms with Crippen molar-refractivity contribution in [2.24, 2.45) is 0 Å². The Morgan fingerprint density at radius 2 is 1.77 bits per heavy atom. The van der Waals surface area contributed by atoms with Gasteiger partial charge in [-0.1, -0.05) is 13.8 Å². The molecule has 1 aliphatic heterocycles. The van der Waals surface area contributed by atoms with Crippen molar-refractivity contribution in [3.63, 3.8) is 0 Å². The molecule has 0 unspecified atom stereocenters. The molecule has 0 aliphatic carbocycles. The minimum absolute atomic E-state index is 0.230. The van der Waals surface area contributed by atoms with Gasteiger partial charge in [0.05, 0.1) is 11.3 Å². The number of amides is 1. The Morgan fingerprint density at radius 1 is 1.08 bits per heavy atom. The quantitative estimate of drug-likeness (QED) is 0.699. The minimum atomic E-state index is -0.363. The molecule has 0 fully saturated rings. The number of hydrogen-bond acceptors (Lipinski definition) is 3. The molecule has 136 valence electrons. The summed E-state index contributed by atoms with van der Waals surface area (Å²) >= 11 is 0. The van der Waals surface area contributed by atoms with Gasteiger partial charge >= 0.3 is 0 Å².